The van der Waals surface area contributed by atoms with Crippen LogP contribution in [-0.2, 0) is 0 Å². The predicted octanol–water partition coefficient (Wildman–Crippen LogP) is 3.00. The van der Waals surface area contributed by atoms with Gasteiger partial charge in [0, 0.05) is 11.3 Å². The average molecular weight is 297 g/mol. The summed E-state index contributed by atoms with van der Waals surface area (Å²) in [4.78, 5) is 0. The molecule has 112 valence electrons. The molecule has 0 spiro atoms. The van der Waals surface area contributed by atoms with Crippen LogP contribution in [0.3, 0.4) is 0 Å². The lowest BCUT2D eigenvalue weighted by Crippen LogP contribution is -1.90. The minimum absolute atomic E-state index is 0.378. The molecule has 0 aliphatic rings. The summed E-state index contributed by atoms with van der Waals surface area (Å²) in [5.74, 6) is 2.00. The molecule has 3 rings (SSSR count). The second-order valence-corrected chi connectivity index (χ2v) is 4.57. The first kappa shape index (κ1) is 13.9. The Morgan fingerprint density at radius 2 is 1.64 bits per heavy atom. The number of ether oxygens (including phenoxy) is 2. The van der Waals surface area contributed by atoms with Crippen molar-refractivity contribution in [1.82, 2.24) is 10.2 Å². The molecule has 0 unspecified atom stereocenters. The number of anilines is 1. The zero-order valence-corrected chi connectivity index (χ0v) is 12.2. The summed E-state index contributed by atoms with van der Waals surface area (Å²) in [6.45, 7) is 0. The third-order valence-corrected chi connectivity index (χ3v) is 3.25. The molecule has 6 heteroatoms. The average Bonchev–Trinajstić information content (AvgIpc) is 3.04. The van der Waals surface area contributed by atoms with Crippen LogP contribution in [0, 0.1) is 0 Å². The van der Waals surface area contributed by atoms with Crippen molar-refractivity contribution in [3.8, 4) is 34.4 Å². The smallest absolute Gasteiger partial charge is 0.250 e. The summed E-state index contributed by atoms with van der Waals surface area (Å²) in [6, 6.07) is 12.7. The molecule has 2 aromatic carbocycles. The van der Waals surface area contributed by atoms with Gasteiger partial charge in [-0.3, -0.25) is 0 Å². The number of rotatable bonds is 4. The molecule has 0 radical (unpaired) electrons. The fourth-order valence-corrected chi connectivity index (χ4v) is 2.11. The molecule has 3 aromatic rings. The number of benzene rings is 2. The molecule has 0 fully saturated rings. The lowest BCUT2D eigenvalue weighted by molar-refractivity contribution is 0.355. The fraction of sp³-hybridized carbons (Fsp3) is 0.125. The maximum absolute atomic E-state index is 5.92. The largest absolute Gasteiger partial charge is 0.493 e. The highest BCUT2D eigenvalue weighted by molar-refractivity contribution is 5.71. The van der Waals surface area contributed by atoms with Gasteiger partial charge >= 0.3 is 0 Å². The van der Waals surface area contributed by atoms with Crippen LogP contribution in [0.25, 0.3) is 22.9 Å². The molecule has 0 atom stereocenters. The lowest BCUT2D eigenvalue weighted by atomic mass is 10.2. The molecule has 1 heterocycles. The Labute approximate surface area is 127 Å². The Kier molecular flexibility index (Phi) is 3.65. The fourth-order valence-electron chi connectivity index (χ4n) is 2.11. The van der Waals surface area contributed by atoms with Crippen molar-refractivity contribution in [1.29, 1.82) is 0 Å². The van der Waals surface area contributed by atoms with E-state index in [0.29, 0.717) is 34.5 Å². The highest BCUT2D eigenvalue weighted by Crippen LogP contribution is 2.33. The Morgan fingerprint density at radius 3 is 2.36 bits per heavy atom. The van der Waals surface area contributed by atoms with E-state index in [-0.39, 0.29) is 0 Å². The zero-order valence-electron chi connectivity index (χ0n) is 12.2. The standard InChI is InChI=1S/C16H15N3O3/c1-20-13-8-7-10(9-14(13)21-2)15-18-19-16(22-15)11-5-3-4-6-12(11)17/h3-9H,17H2,1-2H3. The second kappa shape index (κ2) is 5.77. The second-order valence-electron chi connectivity index (χ2n) is 4.57. The molecule has 0 aliphatic carbocycles. The molecule has 0 amide bonds. The zero-order chi connectivity index (χ0) is 15.5. The first-order chi connectivity index (χ1) is 10.7. The summed E-state index contributed by atoms with van der Waals surface area (Å²) >= 11 is 0. The van der Waals surface area contributed by atoms with Gasteiger partial charge in [0.15, 0.2) is 11.5 Å². The molecule has 0 saturated carbocycles. The minimum Gasteiger partial charge on any atom is -0.493 e. The van der Waals surface area contributed by atoms with Gasteiger partial charge in [-0.1, -0.05) is 12.1 Å². The molecule has 22 heavy (non-hydrogen) atoms. The van der Waals surface area contributed by atoms with Gasteiger partial charge in [0.1, 0.15) is 0 Å². The highest BCUT2D eigenvalue weighted by atomic mass is 16.5. The topological polar surface area (TPSA) is 83.4 Å². The van der Waals surface area contributed by atoms with Crippen LogP contribution in [0.4, 0.5) is 5.69 Å². The predicted molar refractivity (Wildman–Crippen MR) is 82.7 cm³/mol. The van der Waals surface area contributed by atoms with Crippen LogP contribution in [0.5, 0.6) is 11.5 Å². The van der Waals surface area contributed by atoms with Gasteiger partial charge in [-0.05, 0) is 30.3 Å². The number of para-hydroxylation sites is 1. The van der Waals surface area contributed by atoms with Crippen molar-refractivity contribution in [2.75, 3.05) is 20.0 Å². The van der Waals surface area contributed by atoms with Crippen molar-refractivity contribution in [2.45, 2.75) is 0 Å². The monoisotopic (exact) mass is 297 g/mol. The van der Waals surface area contributed by atoms with E-state index < -0.39 is 0 Å². The lowest BCUT2D eigenvalue weighted by Gasteiger charge is -2.07. The molecule has 1 aromatic heterocycles. The van der Waals surface area contributed by atoms with Crippen molar-refractivity contribution in [2.24, 2.45) is 0 Å². The van der Waals surface area contributed by atoms with Gasteiger partial charge in [-0.2, -0.15) is 0 Å². The molecular formula is C16H15N3O3. The van der Waals surface area contributed by atoms with Crippen molar-refractivity contribution in [3.05, 3.63) is 42.5 Å². The summed E-state index contributed by atoms with van der Waals surface area (Å²) < 4.78 is 16.2. The molecule has 6 nitrogen and oxygen atoms in total. The van der Waals surface area contributed by atoms with Gasteiger partial charge in [-0.25, -0.2) is 0 Å². The van der Waals surface area contributed by atoms with Crippen LogP contribution in [0.2, 0.25) is 0 Å². The normalized spacial score (nSPS) is 10.5. The van der Waals surface area contributed by atoms with E-state index in [2.05, 4.69) is 10.2 Å². The van der Waals surface area contributed by atoms with E-state index in [0.717, 1.165) is 5.56 Å². The Morgan fingerprint density at radius 1 is 0.909 bits per heavy atom. The molecule has 2 N–H and O–H groups in total. The summed E-state index contributed by atoms with van der Waals surface area (Å²) in [5.41, 5.74) is 7.96. The number of hydrogen-bond acceptors (Lipinski definition) is 6. The van der Waals surface area contributed by atoms with Crippen molar-refractivity contribution >= 4 is 5.69 Å². The maximum Gasteiger partial charge on any atom is 0.250 e. The van der Waals surface area contributed by atoms with Gasteiger partial charge < -0.3 is 19.6 Å². The van der Waals surface area contributed by atoms with E-state index in [9.17, 15) is 0 Å². The number of nitrogens with zero attached hydrogens (tertiary/aromatic N) is 2. The number of aromatic nitrogens is 2. The van der Waals surface area contributed by atoms with E-state index in [1.807, 2.05) is 24.3 Å². The minimum atomic E-state index is 0.378. The van der Waals surface area contributed by atoms with E-state index in [1.165, 1.54) is 0 Å². The molecule has 0 bridgehead atoms. The summed E-state index contributed by atoms with van der Waals surface area (Å²) in [7, 11) is 3.16. The Balaban J connectivity index is 1.99. The van der Waals surface area contributed by atoms with Crippen molar-refractivity contribution < 1.29 is 13.9 Å². The van der Waals surface area contributed by atoms with Crippen molar-refractivity contribution in [3.63, 3.8) is 0 Å². The number of methoxy groups -OCH3 is 2. The third kappa shape index (κ3) is 2.46. The van der Waals surface area contributed by atoms with Crippen LogP contribution < -0.4 is 15.2 Å². The molecule has 0 saturated heterocycles. The van der Waals surface area contributed by atoms with Gasteiger partial charge in [-0.15, -0.1) is 10.2 Å². The van der Waals surface area contributed by atoms with E-state index in [4.69, 9.17) is 19.6 Å². The number of nitrogens with two attached hydrogens (primary N) is 1. The van der Waals surface area contributed by atoms with Gasteiger partial charge in [0.25, 0.3) is 0 Å². The maximum atomic E-state index is 5.92. The Hall–Kier alpha value is -3.02. The number of nitrogen functional groups attached to an aromatic ring is 1. The first-order valence-electron chi connectivity index (χ1n) is 6.63. The summed E-state index contributed by atoms with van der Waals surface area (Å²) in [5, 5.41) is 8.12. The van der Waals surface area contributed by atoms with E-state index >= 15 is 0 Å². The molecule has 0 aliphatic heterocycles. The van der Waals surface area contributed by atoms with Crippen LogP contribution in [0.1, 0.15) is 0 Å². The summed E-state index contributed by atoms with van der Waals surface area (Å²) in [6.07, 6.45) is 0. The first-order valence-corrected chi connectivity index (χ1v) is 6.63. The molecular weight excluding hydrogens is 282 g/mol. The van der Waals surface area contributed by atoms with Gasteiger partial charge in [0.2, 0.25) is 11.8 Å². The SMILES string of the molecule is COc1ccc(-c2nnc(-c3ccccc3N)o2)cc1OC. The van der Waals surface area contributed by atoms with Crippen LogP contribution in [0.15, 0.2) is 46.9 Å². The van der Waals surface area contributed by atoms with Crippen LogP contribution >= 0.6 is 0 Å². The van der Waals surface area contributed by atoms with Gasteiger partial charge in [0.05, 0.1) is 19.8 Å². The Bertz CT molecular complexity index is 799. The van der Waals surface area contributed by atoms with E-state index in [1.54, 1.807) is 32.4 Å². The highest BCUT2D eigenvalue weighted by Gasteiger charge is 2.14. The number of hydrogen-bond donors (Lipinski definition) is 1. The third-order valence-electron chi connectivity index (χ3n) is 3.25. The van der Waals surface area contributed by atoms with Crippen LogP contribution in [-0.4, -0.2) is 24.4 Å². The quantitative estimate of drug-likeness (QED) is 0.745.